The normalized spacial score (nSPS) is 17.3. The summed E-state index contributed by atoms with van der Waals surface area (Å²) in [6.07, 6.45) is 5.77. The molecule has 2 aliphatic heterocycles. The molecule has 4 heterocycles. The van der Waals surface area contributed by atoms with Crippen molar-refractivity contribution in [3.63, 3.8) is 0 Å². The molecular weight excluding hydrogens is 334 g/mol. The third kappa shape index (κ3) is 4.66. The van der Waals surface area contributed by atoms with E-state index in [0.29, 0.717) is 5.82 Å². The molecular formula is C22H33N5. The predicted molar refractivity (Wildman–Crippen MR) is 111 cm³/mol. The Morgan fingerprint density at radius 2 is 1.30 bits per heavy atom. The van der Waals surface area contributed by atoms with Crippen LogP contribution in [-0.4, -0.2) is 30.8 Å². The van der Waals surface area contributed by atoms with Crippen molar-refractivity contribution >= 4 is 5.82 Å². The zero-order valence-corrected chi connectivity index (χ0v) is 17.6. The van der Waals surface area contributed by atoms with E-state index in [4.69, 9.17) is 5.73 Å². The first-order valence-electron chi connectivity index (χ1n) is 9.69. The summed E-state index contributed by atoms with van der Waals surface area (Å²) in [7, 11) is 0. The number of nitrogens with two attached hydrogens (primary N) is 1. The van der Waals surface area contributed by atoms with Gasteiger partial charge in [0.05, 0.1) is 0 Å². The van der Waals surface area contributed by atoms with E-state index in [2.05, 4.69) is 67.4 Å². The Balaban J connectivity index is 0.000000156. The van der Waals surface area contributed by atoms with Gasteiger partial charge in [-0.3, -0.25) is 14.8 Å². The van der Waals surface area contributed by atoms with E-state index in [1.54, 1.807) is 0 Å². The van der Waals surface area contributed by atoms with Crippen molar-refractivity contribution in [3.8, 4) is 0 Å². The Hall–Kier alpha value is -1.98. The Kier molecular flexibility index (Phi) is 5.28. The highest BCUT2D eigenvalue weighted by atomic mass is 15.2. The van der Waals surface area contributed by atoms with Crippen LogP contribution in [0.25, 0.3) is 0 Å². The minimum atomic E-state index is 0.216. The van der Waals surface area contributed by atoms with Crippen LogP contribution in [0.2, 0.25) is 0 Å². The van der Waals surface area contributed by atoms with Crippen molar-refractivity contribution in [3.05, 3.63) is 53.0 Å². The Bertz CT molecular complexity index is 776. The van der Waals surface area contributed by atoms with Crippen LogP contribution in [0.5, 0.6) is 0 Å². The van der Waals surface area contributed by atoms with Crippen LogP contribution in [0.15, 0.2) is 30.7 Å². The molecule has 0 radical (unpaired) electrons. The molecule has 2 aromatic rings. The fourth-order valence-corrected chi connectivity index (χ4v) is 3.47. The van der Waals surface area contributed by atoms with Crippen molar-refractivity contribution in [2.45, 2.75) is 78.8 Å². The van der Waals surface area contributed by atoms with E-state index in [1.807, 2.05) is 24.7 Å². The van der Waals surface area contributed by atoms with Crippen LogP contribution < -0.4 is 5.73 Å². The molecule has 0 spiro atoms. The molecule has 0 atom stereocenters. The van der Waals surface area contributed by atoms with E-state index < -0.39 is 0 Å². The molecule has 0 bridgehead atoms. The van der Waals surface area contributed by atoms with Gasteiger partial charge in [0, 0.05) is 55.8 Å². The van der Waals surface area contributed by atoms with Gasteiger partial charge in [-0.15, -0.1) is 0 Å². The van der Waals surface area contributed by atoms with Crippen molar-refractivity contribution in [2.24, 2.45) is 0 Å². The van der Waals surface area contributed by atoms with Gasteiger partial charge in [-0.05, 0) is 75.9 Å². The summed E-state index contributed by atoms with van der Waals surface area (Å²) < 4.78 is 0. The van der Waals surface area contributed by atoms with Gasteiger partial charge in [-0.2, -0.15) is 0 Å². The van der Waals surface area contributed by atoms with Crippen LogP contribution in [-0.2, 0) is 26.2 Å². The summed E-state index contributed by atoms with van der Waals surface area (Å²) in [6.45, 7) is 17.6. The first-order chi connectivity index (χ1) is 12.5. The molecule has 0 saturated heterocycles. The maximum atomic E-state index is 5.66. The lowest BCUT2D eigenvalue weighted by Crippen LogP contribution is -2.36. The first-order valence-corrected chi connectivity index (χ1v) is 9.69. The Labute approximate surface area is 163 Å². The lowest BCUT2D eigenvalue weighted by molar-refractivity contribution is 0.136. The average Bonchev–Trinajstić information content (AvgIpc) is 3.18. The number of nitrogen functional groups attached to an aromatic ring is 1. The molecule has 0 fully saturated rings. The topological polar surface area (TPSA) is 58.3 Å². The molecule has 0 amide bonds. The number of aromatic nitrogens is 2. The van der Waals surface area contributed by atoms with Crippen LogP contribution in [0, 0.1) is 0 Å². The first kappa shape index (κ1) is 19.8. The molecule has 0 aromatic carbocycles. The smallest absolute Gasteiger partial charge is 0.123 e. The molecule has 2 aliphatic rings. The van der Waals surface area contributed by atoms with Gasteiger partial charge in [0.25, 0.3) is 0 Å². The van der Waals surface area contributed by atoms with E-state index in [-0.39, 0.29) is 11.1 Å². The van der Waals surface area contributed by atoms with E-state index in [9.17, 15) is 0 Å². The molecule has 2 aromatic heterocycles. The van der Waals surface area contributed by atoms with Crippen molar-refractivity contribution in [1.82, 2.24) is 19.8 Å². The maximum absolute atomic E-state index is 5.66. The van der Waals surface area contributed by atoms with Gasteiger partial charge in [-0.25, -0.2) is 4.98 Å². The fourth-order valence-electron chi connectivity index (χ4n) is 3.47. The van der Waals surface area contributed by atoms with Gasteiger partial charge < -0.3 is 5.73 Å². The van der Waals surface area contributed by atoms with Gasteiger partial charge in [-0.1, -0.05) is 0 Å². The van der Waals surface area contributed by atoms with Crippen molar-refractivity contribution in [2.75, 3.05) is 5.73 Å². The molecule has 5 nitrogen and oxygen atoms in total. The van der Waals surface area contributed by atoms with Gasteiger partial charge in [0.1, 0.15) is 5.82 Å². The van der Waals surface area contributed by atoms with Gasteiger partial charge in [0.15, 0.2) is 0 Å². The average molecular weight is 368 g/mol. The molecule has 0 unspecified atom stereocenters. The summed E-state index contributed by atoms with van der Waals surface area (Å²) in [6, 6.07) is 4.11. The fraction of sp³-hybridized carbons (Fsp3) is 0.545. The highest BCUT2D eigenvalue weighted by Crippen LogP contribution is 2.29. The Morgan fingerprint density at radius 1 is 0.778 bits per heavy atom. The van der Waals surface area contributed by atoms with E-state index in [0.717, 1.165) is 26.2 Å². The lowest BCUT2D eigenvalue weighted by atomic mass is 10.1. The van der Waals surface area contributed by atoms with E-state index in [1.165, 1.54) is 22.3 Å². The zero-order chi connectivity index (χ0) is 19.8. The highest BCUT2D eigenvalue weighted by molar-refractivity contribution is 5.39. The number of fused-ring (bicyclic) bond motifs is 2. The SMILES string of the molecule is CC(C)(C)N1Cc2ccncc2C1.CC(C)(C)N1Cc2cnc(N)cc2C1. The standard InChI is InChI=1S/C11H17N3.C11H16N2/c1-11(2,3)14-6-8-4-10(12)13-5-9(8)7-14;1-11(2,3)13-7-9-4-5-12-6-10(9)8-13/h4-5H,6-7H2,1-3H3,(H2,12,13);4-6H,7-8H2,1-3H3. The van der Waals surface area contributed by atoms with Crippen LogP contribution in [0.4, 0.5) is 5.82 Å². The maximum Gasteiger partial charge on any atom is 0.123 e. The van der Waals surface area contributed by atoms with Crippen LogP contribution >= 0.6 is 0 Å². The summed E-state index contributed by atoms with van der Waals surface area (Å²) in [5.41, 5.74) is 11.6. The Morgan fingerprint density at radius 3 is 1.85 bits per heavy atom. The summed E-state index contributed by atoms with van der Waals surface area (Å²) >= 11 is 0. The van der Waals surface area contributed by atoms with Gasteiger partial charge in [0.2, 0.25) is 0 Å². The minimum absolute atomic E-state index is 0.216. The lowest BCUT2D eigenvalue weighted by Gasteiger charge is -2.31. The number of hydrogen-bond acceptors (Lipinski definition) is 5. The number of pyridine rings is 2. The molecule has 0 aliphatic carbocycles. The van der Waals surface area contributed by atoms with Crippen LogP contribution in [0.1, 0.15) is 63.8 Å². The number of anilines is 1. The summed E-state index contributed by atoms with van der Waals surface area (Å²) in [5.74, 6) is 0.625. The molecule has 146 valence electrons. The number of nitrogens with zero attached hydrogens (tertiary/aromatic N) is 4. The highest BCUT2D eigenvalue weighted by Gasteiger charge is 2.28. The minimum Gasteiger partial charge on any atom is -0.384 e. The molecule has 4 rings (SSSR count). The number of hydrogen-bond donors (Lipinski definition) is 1. The van der Waals surface area contributed by atoms with Crippen LogP contribution in [0.3, 0.4) is 0 Å². The quantitative estimate of drug-likeness (QED) is 0.763. The largest absolute Gasteiger partial charge is 0.384 e. The van der Waals surface area contributed by atoms with Crippen molar-refractivity contribution < 1.29 is 0 Å². The summed E-state index contributed by atoms with van der Waals surface area (Å²) in [4.78, 5) is 13.2. The molecule has 27 heavy (non-hydrogen) atoms. The zero-order valence-electron chi connectivity index (χ0n) is 17.6. The molecule has 2 N–H and O–H groups in total. The second kappa shape index (κ2) is 7.21. The third-order valence-electron chi connectivity index (χ3n) is 5.45. The second-order valence-corrected chi connectivity index (χ2v) is 9.58. The third-order valence-corrected chi connectivity index (χ3v) is 5.45. The second-order valence-electron chi connectivity index (χ2n) is 9.58. The predicted octanol–water partition coefficient (Wildman–Crippen LogP) is 3.97. The number of rotatable bonds is 0. The molecule has 5 heteroatoms. The van der Waals surface area contributed by atoms with Crippen molar-refractivity contribution in [1.29, 1.82) is 0 Å². The van der Waals surface area contributed by atoms with E-state index >= 15 is 0 Å². The van der Waals surface area contributed by atoms with Gasteiger partial charge >= 0.3 is 0 Å². The molecule has 0 saturated carbocycles. The monoisotopic (exact) mass is 367 g/mol. The summed E-state index contributed by atoms with van der Waals surface area (Å²) in [5, 5.41) is 0.